The van der Waals surface area contributed by atoms with Gasteiger partial charge in [-0.3, -0.25) is 19.3 Å². The predicted octanol–water partition coefficient (Wildman–Crippen LogP) is 0.935. The van der Waals surface area contributed by atoms with E-state index in [-0.39, 0.29) is 24.0 Å². The van der Waals surface area contributed by atoms with Gasteiger partial charge in [-0.15, -0.1) is 0 Å². The van der Waals surface area contributed by atoms with Crippen molar-refractivity contribution in [2.75, 3.05) is 32.7 Å². The topological polar surface area (TPSA) is 90.0 Å². The van der Waals surface area contributed by atoms with Gasteiger partial charge in [0, 0.05) is 31.7 Å². The maximum atomic E-state index is 12.6. The van der Waals surface area contributed by atoms with Crippen LogP contribution in [0.25, 0.3) is 0 Å². The van der Waals surface area contributed by atoms with Crippen LogP contribution in [0.1, 0.15) is 41.5 Å². The normalized spacial score (nSPS) is 17.2. The molecular formula is C19H24N4O4. The minimum Gasteiger partial charge on any atom is -0.338 e. The van der Waals surface area contributed by atoms with Crippen molar-refractivity contribution >= 4 is 23.8 Å². The van der Waals surface area contributed by atoms with Crippen molar-refractivity contribution in [3.05, 3.63) is 35.4 Å². The molecule has 1 fully saturated rings. The van der Waals surface area contributed by atoms with Crippen molar-refractivity contribution in [2.24, 2.45) is 0 Å². The lowest BCUT2D eigenvalue weighted by Gasteiger charge is -2.36. The molecule has 8 nitrogen and oxygen atoms in total. The van der Waals surface area contributed by atoms with E-state index in [4.69, 9.17) is 0 Å². The lowest BCUT2D eigenvalue weighted by atomic mass is 10.1. The van der Waals surface area contributed by atoms with E-state index in [9.17, 15) is 19.2 Å². The molecule has 5 amide bonds. The largest absolute Gasteiger partial charge is 0.338 e. The summed E-state index contributed by atoms with van der Waals surface area (Å²) in [4.78, 5) is 53.7. The number of fused-ring (bicyclic) bond motifs is 1. The minimum absolute atomic E-state index is 0.157. The highest BCUT2D eigenvalue weighted by Crippen LogP contribution is 2.22. The second-order valence-electron chi connectivity index (χ2n) is 7.79. The molecule has 8 heteroatoms. The number of benzene rings is 1. The molecule has 0 saturated carbocycles. The molecule has 27 heavy (non-hydrogen) atoms. The molecule has 0 aromatic heterocycles. The molecule has 1 aromatic rings. The van der Waals surface area contributed by atoms with E-state index in [2.05, 4.69) is 5.32 Å². The van der Waals surface area contributed by atoms with E-state index in [1.54, 1.807) is 34.1 Å². The Hall–Kier alpha value is -2.90. The van der Waals surface area contributed by atoms with Gasteiger partial charge in [-0.2, -0.15) is 0 Å². The zero-order chi connectivity index (χ0) is 19.8. The first-order valence-electron chi connectivity index (χ1n) is 8.97. The van der Waals surface area contributed by atoms with Crippen molar-refractivity contribution in [3.63, 3.8) is 0 Å². The van der Waals surface area contributed by atoms with Gasteiger partial charge in [0.05, 0.1) is 11.1 Å². The number of piperazine rings is 1. The Labute approximate surface area is 158 Å². The number of nitrogens with zero attached hydrogens (tertiary/aromatic N) is 3. The van der Waals surface area contributed by atoms with Crippen LogP contribution >= 0.6 is 0 Å². The van der Waals surface area contributed by atoms with Gasteiger partial charge in [0.1, 0.15) is 6.54 Å². The third-order valence-electron chi connectivity index (χ3n) is 4.57. The Morgan fingerprint density at radius 2 is 1.41 bits per heavy atom. The molecule has 1 N–H and O–H groups in total. The highest BCUT2D eigenvalue weighted by molar-refractivity contribution is 6.22. The summed E-state index contributed by atoms with van der Waals surface area (Å²) >= 11 is 0. The first-order chi connectivity index (χ1) is 12.7. The molecule has 0 aliphatic carbocycles. The van der Waals surface area contributed by atoms with E-state index < -0.39 is 11.8 Å². The second kappa shape index (κ2) is 7.02. The molecule has 2 aliphatic rings. The summed E-state index contributed by atoms with van der Waals surface area (Å²) in [5, 5.41) is 2.90. The summed E-state index contributed by atoms with van der Waals surface area (Å²) in [6, 6.07) is 6.41. The van der Waals surface area contributed by atoms with Gasteiger partial charge in [-0.05, 0) is 32.9 Å². The number of imide groups is 1. The van der Waals surface area contributed by atoms with E-state index in [1.165, 1.54) is 0 Å². The van der Waals surface area contributed by atoms with Gasteiger partial charge < -0.3 is 15.1 Å². The first kappa shape index (κ1) is 18.9. The van der Waals surface area contributed by atoms with Gasteiger partial charge in [0.2, 0.25) is 5.91 Å². The monoisotopic (exact) mass is 372 g/mol. The molecule has 144 valence electrons. The van der Waals surface area contributed by atoms with Crippen molar-refractivity contribution in [2.45, 2.75) is 26.3 Å². The number of rotatable bonds is 2. The average molecular weight is 372 g/mol. The van der Waals surface area contributed by atoms with Gasteiger partial charge in [-0.25, -0.2) is 4.79 Å². The van der Waals surface area contributed by atoms with Crippen molar-refractivity contribution < 1.29 is 19.2 Å². The molecule has 0 unspecified atom stereocenters. The zero-order valence-corrected chi connectivity index (χ0v) is 15.8. The molecule has 0 spiro atoms. The van der Waals surface area contributed by atoms with Gasteiger partial charge >= 0.3 is 6.03 Å². The summed E-state index contributed by atoms with van der Waals surface area (Å²) in [5.74, 6) is -1.17. The Bertz CT molecular complexity index is 756. The fourth-order valence-electron chi connectivity index (χ4n) is 3.18. The van der Waals surface area contributed by atoms with Crippen LogP contribution in [0.2, 0.25) is 0 Å². The Balaban J connectivity index is 1.56. The number of carbonyl (C=O) groups excluding carboxylic acids is 4. The lowest BCUT2D eigenvalue weighted by molar-refractivity contribution is -0.132. The molecule has 1 aromatic carbocycles. The van der Waals surface area contributed by atoms with Crippen molar-refractivity contribution in [1.29, 1.82) is 0 Å². The maximum absolute atomic E-state index is 12.6. The average Bonchev–Trinajstić information content (AvgIpc) is 2.86. The Morgan fingerprint density at radius 3 is 1.89 bits per heavy atom. The van der Waals surface area contributed by atoms with Crippen LogP contribution in [0.15, 0.2) is 24.3 Å². The van der Waals surface area contributed by atoms with Crippen LogP contribution in [0.4, 0.5) is 4.79 Å². The molecule has 1 saturated heterocycles. The van der Waals surface area contributed by atoms with Crippen LogP contribution in [-0.4, -0.2) is 76.7 Å². The smallest absolute Gasteiger partial charge is 0.317 e. The lowest BCUT2D eigenvalue weighted by Crippen LogP contribution is -2.57. The summed E-state index contributed by atoms with van der Waals surface area (Å²) in [6.07, 6.45) is 0. The predicted molar refractivity (Wildman–Crippen MR) is 98.2 cm³/mol. The van der Waals surface area contributed by atoms with E-state index in [0.29, 0.717) is 37.3 Å². The molecule has 0 radical (unpaired) electrons. The summed E-state index contributed by atoms with van der Waals surface area (Å²) < 4.78 is 0. The fourth-order valence-corrected chi connectivity index (χ4v) is 3.18. The molecule has 0 atom stereocenters. The summed E-state index contributed by atoms with van der Waals surface area (Å²) in [6.45, 7) is 7.03. The second-order valence-corrected chi connectivity index (χ2v) is 7.79. The molecule has 0 bridgehead atoms. The summed E-state index contributed by atoms with van der Waals surface area (Å²) in [5.41, 5.74) is 0.341. The van der Waals surface area contributed by atoms with Gasteiger partial charge in [-0.1, -0.05) is 12.1 Å². The molecule has 2 heterocycles. The highest BCUT2D eigenvalue weighted by Gasteiger charge is 2.37. The van der Waals surface area contributed by atoms with E-state index >= 15 is 0 Å². The van der Waals surface area contributed by atoms with Crippen molar-refractivity contribution in [1.82, 2.24) is 20.0 Å². The van der Waals surface area contributed by atoms with Crippen LogP contribution in [0.3, 0.4) is 0 Å². The van der Waals surface area contributed by atoms with E-state index in [1.807, 2.05) is 20.8 Å². The van der Waals surface area contributed by atoms with Gasteiger partial charge in [0.25, 0.3) is 11.8 Å². The zero-order valence-electron chi connectivity index (χ0n) is 15.8. The number of amides is 5. The van der Waals surface area contributed by atoms with Crippen LogP contribution in [-0.2, 0) is 4.79 Å². The molecular weight excluding hydrogens is 348 g/mol. The Morgan fingerprint density at radius 1 is 0.926 bits per heavy atom. The number of nitrogens with one attached hydrogen (secondary N) is 1. The molecule has 2 aliphatic heterocycles. The van der Waals surface area contributed by atoms with Crippen LogP contribution < -0.4 is 5.32 Å². The van der Waals surface area contributed by atoms with Crippen LogP contribution in [0.5, 0.6) is 0 Å². The molecule has 3 rings (SSSR count). The SMILES string of the molecule is CC(C)(C)NC(=O)N1CCN(C(=O)CN2C(=O)c3ccccc3C2=O)CC1. The number of hydrogen-bond donors (Lipinski definition) is 1. The highest BCUT2D eigenvalue weighted by atomic mass is 16.2. The minimum atomic E-state index is -0.438. The fraction of sp³-hybridized carbons (Fsp3) is 0.474. The van der Waals surface area contributed by atoms with Crippen LogP contribution in [0, 0.1) is 0 Å². The number of hydrogen-bond acceptors (Lipinski definition) is 4. The van der Waals surface area contributed by atoms with Gasteiger partial charge in [0.15, 0.2) is 0 Å². The first-order valence-corrected chi connectivity index (χ1v) is 8.97. The van der Waals surface area contributed by atoms with E-state index in [0.717, 1.165) is 4.90 Å². The number of urea groups is 1. The number of carbonyl (C=O) groups is 4. The quantitative estimate of drug-likeness (QED) is 0.782. The standard InChI is InChI=1S/C19H24N4O4/c1-19(2,3)20-18(27)22-10-8-21(9-11-22)15(24)12-23-16(25)13-6-4-5-7-14(13)17(23)26/h4-7H,8-12H2,1-3H3,(H,20,27). The third kappa shape index (κ3) is 3.94. The third-order valence-corrected chi connectivity index (χ3v) is 4.57. The maximum Gasteiger partial charge on any atom is 0.317 e. The summed E-state index contributed by atoms with van der Waals surface area (Å²) in [7, 11) is 0. The van der Waals surface area contributed by atoms with Crippen molar-refractivity contribution in [3.8, 4) is 0 Å². The Kier molecular flexibility index (Phi) is 4.91.